The lowest BCUT2D eigenvalue weighted by Crippen LogP contribution is -1.92. The number of ether oxygens (including phenoxy) is 1. The van der Waals surface area contributed by atoms with E-state index in [0.29, 0.717) is 38.2 Å². The Kier molecular flexibility index (Phi) is 6.08. The fourth-order valence-corrected chi connectivity index (χ4v) is 3.89. The molecular formula is C25H16Cl2N2O2. The number of aliphatic imine (C=N–C) groups is 1. The summed E-state index contributed by atoms with van der Waals surface area (Å²) < 4.78 is 11.5. The highest BCUT2D eigenvalue weighted by atomic mass is 35.5. The Bertz CT molecular complexity index is 1290. The molecule has 1 aromatic heterocycles. The Morgan fingerprint density at radius 2 is 1.61 bits per heavy atom. The number of nitrogens with zero attached hydrogens (tertiary/aromatic N) is 2. The van der Waals surface area contributed by atoms with Crippen LogP contribution in [0.15, 0.2) is 82.2 Å². The van der Waals surface area contributed by atoms with E-state index in [-0.39, 0.29) is 5.88 Å². The molecule has 0 spiro atoms. The van der Waals surface area contributed by atoms with E-state index in [1.54, 1.807) is 12.1 Å². The fourth-order valence-electron chi connectivity index (χ4n) is 3.31. The summed E-state index contributed by atoms with van der Waals surface area (Å²) in [6, 6.07) is 24.8. The van der Waals surface area contributed by atoms with Gasteiger partial charge in [0.15, 0.2) is 0 Å². The Morgan fingerprint density at radius 1 is 0.968 bits per heavy atom. The normalized spacial score (nSPS) is 10.9. The number of benzene rings is 3. The Morgan fingerprint density at radius 3 is 2.23 bits per heavy atom. The zero-order valence-corrected chi connectivity index (χ0v) is 18.0. The Hall–Kier alpha value is -3.52. The van der Waals surface area contributed by atoms with Gasteiger partial charge < -0.3 is 9.15 Å². The number of furan rings is 1. The second-order valence-electron chi connectivity index (χ2n) is 6.60. The molecule has 31 heavy (non-hydrogen) atoms. The molecule has 1 heterocycles. The first-order chi connectivity index (χ1) is 15.1. The molecule has 4 nitrogen and oxygen atoms in total. The van der Waals surface area contributed by atoms with Gasteiger partial charge in [-0.2, -0.15) is 5.26 Å². The van der Waals surface area contributed by atoms with Gasteiger partial charge >= 0.3 is 0 Å². The number of nitriles is 1. The average Bonchev–Trinajstić information content (AvgIpc) is 3.17. The van der Waals surface area contributed by atoms with Crippen LogP contribution in [-0.4, -0.2) is 13.3 Å². The fraction of sp³-hybridized carbons (Fsp3) is 0.0400. The summed E-state index contributed by atoms with van der Waals surface area (Å²) >= 11 is 12.3. The van der Waals surface area contributed by atoms with Gasteiger partial charge in [0.25, 0.3) is 0 Å². The van der Waals surface area contributed by atoms with E-state index < -0.39 is 0 Å². The third kappa shape index (κ3) is 4.20. The number of hydrogen-bond acceptors (Lipinski definition) is 4. The average molecular weight is 447 g/mol. The minimum Gasteiger partial charge on any atom is -0.495 e. The van der Waals surface area contributed by atoms with E-state index in [0.717, 1.165) is 11.1 Å². The van der Waals surface area contributed by atoms with E-state index in [1.807, 2.05) is 60.7 Å². The van der Waals surface area contributed by atoms with Crippen LogP contribution in [0.4, 0.5) is 5.88 Å². The maximum absolute atomic E-state index is 9.96. The van der Waals surface area contributed by atoms with E-state index in [1.165, 1.54) is 13.3 Å². The van der Waals surface area contributed by atoms with Crippen LogP contribution in [0.1, 0.15) is 11.1 Å². The summed E-state index contributed by atoms with van der Waals surface area (Å²) in [6.45, 7) is 0. The van der Waals surface area contributed by atoms with Crippen LogP contribution in [0.2, 0.25) is 10.0 Å². The molecule has 4 aromatic rings. The summed E-state index contributed by atoms with van der Waals surface area (Å²) in [5, 5.41) is 10.8. The molecule has 0 saturated carbocycles. The molecule has 0 amide bonds. The van der Waals surface area contributed by atoms with Crippen molar-refractivity contribution in [2.75, 3.05) is 7.11 Å². The summed E-state index contributed by atoms with van der Waals surface area (Å²) in [5.41, 5.74) is 3.32. The van der Waals surface area contributed by atoms with E-state index in [2.05, 4.69) is 11.1 Å². The first-order valence-electron chi connectivity index (χ1n) is 9.37. The van der Waals surface area contributed by atoms with Gasteiger partial charge in [0.1, 0.15) is 23.1 Å². The number of halogens is 2. The monoisotopic (exact) mass is 446 g/mol. The van der Waals surface area contributed by atoms with E-state index >= 15 is 0 Å². The molecule has 0 aliphatic rings. The molecule has 3 aromatic carbocycles. The van der Waals surface area contributed by atoms with Crippen LogP contribution in [0.25, 0.3) is 22.5 Å². The quantitative estimate of drug-likeness (QED) is 0.297. The summed E-state index contributed by atoms with van der Waals surface area (Å²) in [5.74, 6) is 1.20. The van der Waals surface area contributed by atoms with Crippen molar-refractivity contribution in [2.24, 2.45) is 4.99 Å². The first-order valence-corrected chi connectivity index (χ1v) is 10.1. The smallest absolute Gasteiger partial charge is 0.238 e. The molecule has 0 N–H and O–H groups in total. The summed E-state index contributed by atoms with van der Waals surface area (Å²) in [6.07, 6.45) is 1.53. The van der Waals surface area contributed by atoms with Gasteiger partial charge in [0.2, 0.25) is 5.88 Å². The van der Waals surface area contributed by atoms with Gasteiger partial charge in [-0.05, 0) is 17.7 Å². The third-order valence-electron chi connectivity index (χ3n) is 4.66. The minimum absolute atomic E-state index is 0.193. The first kappa shape index (κ1) is 20.7. The molecule has 0 aliphatic carbocycles. The summed E-state index contributed by atoms with van der Waals surface area (Å²) in [7, 11) is 1.51. The molecule has 152 valence electrons. The third-order valence-corrected chi connectivity index (χ3v) is 5.16. The van der Waals surface area contributed by atoms with Crippen molar-refractivity contribution < 1.29 is 9.15 Å². The van der Waals surface area contributed by atoms with Crippen molar-refractivity contribution in [3.63, 3.8) is 0 Å². The van der Waals surface area contributed by atoms with Crippen molar-refractivity contribution in [2.45, 2.75) is 0 Å². The van der Waals surface area contributed by atoms with Gasteiger partial charge in [-0.15, -0.1) is 0 Å². The molecule has 4 rings (SSSR count). The molecular weight excluding hydrogens is 431 g/mol. The minimum atomic E-state index is 0.193. The topological polar surface area (TPSA) is 58.5 Å². The largest absolute Gasteiger partial charge is 0.495 e. The molecule has 0 saturated heterocycles. The van der Waals surface area contributed by atoms with Crippen molar-refractivity contribution in [3.8, 4) is 34.3 Å². The SMILES string of the molecule is COc1c(Cl)cc(Cl)cc1/C=N/c1oc(-c2ccccc2)c(-c2ccccc2)c1C#N. The van der Waals surface area contributed by atoms with Crippen molar-refractivity contribution >= 4 is 35.3 Å². The lowest BCUT2D eigenvalue weighted by molar-refractivity contribution is 0.414. The van der Waals surface area contributed by atoms with Gasteiger partial charge in [-0.1, -0.05) is 83.9 Å². The van der Waals surface area contributed by atoms with Crippen molar-refractivity contribution in [1.82, 2.24) is 0 Å². The van der Waals surface area contributed by atoms with Crippen LogP contribution in [0.3, 0.4) is 0 Å². The van der Waals surface area contributed by atoms with Crippen LogP contribution < -0.4 is 4.74 Å². The predicted molar refractivity (Wildman–Crippen MR) is 125 cm³/mol. The molecule has 0 aliphatic heterocycles. The number of methoxy groups -OCH3 is 1. The number of rotatable bonds is 5. The van der Waals surface area contributed by atoms with E-state index in [9.17, 15) is 5.26 Å². The lowest BCUT2D eigenvalue weighted by atomic mass is 9.98. The zero-order valence-electron chi connectivity index (χ0n) is 16.5. The molecule has 0 fully saturated rings. The second-order valence-corrected chi connectivity index (χ2v) is 7.44. The maximum atomic E-state index is 9.96. The highest BCUT2D eigenvalue weighted by Crippen LogP contribution is 2.42. The maximum Gasteiger partial charge on any atom is 0.238 e. The Labute approximate surface area is 189 Å². The van der Waals surface area contributed by atoms with Crippen LogP contribution in [0, 0.1) is 11.3 Å². The standard InChI is InChI=1S/C25H16Cl2N2O2/c1-30-23-18(12-19(26)13-21(23)27)15-29-25-20(14-28)22(16-8-4-2-5-9-16)24(31-25)17-10-6-3-7-11-17/h2-13,15H,1H3/b29-15+. The molecule has 0 bridgehead atoms. The van der Waals surface area contributed by atoms with Crippen molar-refractivity contribution in [3.05, 3.63) is 94.0 Å². The highest BCUT2D eigenvalue weighted by Gasteiger charge is 2.22. The van der Waals surface area contributed by atoms with Crippen molar-refractivity contribution in [1.29, 1.82) is 5.26 Å². The Balaban J connectivity index is 1.90. The predicted octanol–water partition coefficient (Wildman–Crippen LogP) is 7.55. The molecule has 0 atom stereocenters. The van der Waals surface area contributed by atoms with Crippen LogP contribution in [-0.2, 0) is 0 Å². The molecule has 0 radical (unpaired) electrons. The second kappa shape index (κ2) is 9.09. The lowest BCUT2D eigenvalue weighted by Gasteiger charge is -2.07. The van der Waals surface area contributed by atoms with Gasteiger partial charge in [0.05, 0.1) is 12.1 Å². The molecule has 0 unspecified atom stereocenters. The molecule has 6 heteroatoms. The zero-order chi connectivity index (χ0) is 21.8. The number of hydrogen-bond donors (Lipinski definition) is 0. The van der Waals surface area contributed by atoms with Crippen LogP contribution in [0.5, 0.6) is 5.75 Å². The summed E-state index contributed by atoms with van der Waals surface area (Å²) in [4.78, 5) is 4.46. The highest BCUT2D eigenvalue weighted by molar-refractivity contribution is 6.36. The van der Waals surface area contributed by atoms with Crippen LogP contribution >= 0.6 is 23.2 Å². The van der Waals surface area contributed by atoms with Gasteiger partial charge in [-0.25, -0.2) is 4.99 Å². The van der Waals surface area contributed by atoms with E-state index in [4.69, 9.17) is 32.4 Å². The van der Waals surface area contributed by atoms with Gasteiger partial charge in [-0.3, -0.25) is 0 Å². The van der Waals surface area contributed by atoms with Gasteiger partial charge in [0, 0.05) is 27.9 Å².